The van der Waals surface area contributed by atoms with Crippen molar-refractivity contribution in [1.29, 1.82) is 0 Å². The van der Waals surface area contributed by atoms with Gasteiger partial charge in [-0.05, 0) is 43.4 Å². The minimum absolute atomic E-state index is 0.0654. The highest BCUT2D eigenvalue weighted by atomic mass is 19.4. The van der Waals surface area contributed by atoms with E-state index in [-0.39, 0.29) is 43.4 Å². The van der Waals surface area contributed by atoms with Crippen molar-refractivity contribution < 1.29 is 22.4 Å². The number of carbonyl (C=O) groups is 1. The number of benzene rings is 1. The molecule has 0 aromatic heterocycles. The Kier molecular flexibility index (Phi) is 3.98. The van der Waals surface area contributed by atoms with E-state index < -0.39 is 18.1 Å². The highest BCUT2D eigenvalue weighted by molar-refractivity contribution is 5.87. The Bertz CT molecular complexity index is 623. The summed E-state index contributed by atoms with van der Waals surface area (Å²) in [5.74, 6) is -2.01. The van der Waals surface area contributed by atoms with Crippen LogP contribution in [0.3, 0.4) is 0 Å². The van der Waals surface area contributed by atoms with E-state index >= 15 is 0 Å². The molecule has 1 heterocycles. The van der Waals surface area contributed by atoms with Crippen molar-refractivity contribution in [3.63, 3.8) is 0 Å². The Labute approximate surface area is 131 Å². The van der Waals surface area contributed by atoms with Gasteiger partial charge in [0.15, 0.2) is 0 Å². The van der Waals surface area contributed by atoms with Crippen molar-refractivity contribution in [3.05, 3.63) is 29.1 Å². The van der Waals surface area contributed by atoms with E-state index in [0.29, 0.717) is 11.3 Å². The van der Waals surface area contributed by atoms with Crippen molar-refractivity contribution in [3.8, 4) is 0 Å². The normalized spacial score (nSPS) is 26.2. The van der Waals surface area contributed by atoms with Crippen molar-refractivity contribution in [2.75, 3.05) is 11.9 Å². The Morgan fingerprint density at radius 3 is 2.70 bits per heavy atom. The SMILES string of the molecule is Cc1cc(F)c2c(c1)NC(C(=O)NCC1CC(C(F)(F)F)C1)C2. The third-order valence-corrected chi connectivity index (χ3v) is 4.66. The standard InChI is InChI=1S/C16H18F4N2O/c1-8-2-12(17)11-6-14(22-13(11)3-8)15(23)21-7-9-4-10(5-9)16(18,19)20/h2-3,9-10,14,22H,4-7H2,1H3,(H,21,23). The highest BCUT2D eigenvalue weighted by Crippen LogP contribution is 2.44. The number of rotatable bonds is 3. The van der Waals surface area contributed by atoms with Gasteiger partial charge in [0.2, 0.25) is 5.91 Å². The van der Waals surface area contributed by atoms with E-state index in [4.69, 9.17) is 0 Å². The minimum atomic E-state index is -4.13. The lowest BCUT2D eigenvalue weighted by molar-refractivity contribution is -0.204. The van der Waals surface area contributed by atoms with Gasteiger partial charge in [-0.2, -0.15) is 13.2 Å². The number of hydrogen-bond acceptors (Lipinski definition) is 2. The smallest absolute Gasteiger partial charge is 0.373 e. The summed E-state index contributed by atoms with van der Waals surface area (Å²) in [6, 6.07) is 2.64. The summed E-state index contributed by atoms with van der Waals surface area (Å²) in [6.45, 7) is 2.01. The summed E-state index contributed by atoms with van der Waals surface area (Å²) in [6.07, 6.45) is -3.75. The maximum Gasteiger partial charge on any atom is 0.391 e. The van der Waals surface area contributed by atoms with Crippen molar-refractivity contribution in [2.24, 2.45) is 11.8 Å². The van der Waals surface area contributed by atoms with Gasteiger partial charge in [0, 0.05) is 24.2 Å². The highest BCUT2D eigenvalue weighted by Gasteiger charge is 2.47. The molecule has 3 nitrogen and oxygen atoms in total. The first-order chi connectivity index (χ1) is 10.7. The van der Waals surface area contributed by atoms with Gasteiger partial charge in [0.1, 0.15) is 11.9 Å². The molecule has 0 spiro atoms. The molecular formula is C16H18F4N2O. The van der Waals surface area contributed by atoms with Crippen LogP contribution in [0.1, 0.15) is 24.0 Å². The third-order valence-electron chi connectivity index (χ3n) is 4.66. The average molecular weight is 330 g/mol. The molecule has 1 aliphatic carbocycles. The number of hydrogen-bond donors (Lipinski definition) is 2. The zero-order valence-electron chi connectivity index (χ0n) is 12.6. The maximum absolute atomic E-state index is 13.8. The van der Waals surface area contributed by atoms with Crippen LogP contribution < -0.4 is 10.6 Å². The van der Waals surface area contributed by atoms with Crippen molar-refractivity contribution >= 4 is 11.6 Å². The molecule has 1 atom stereocenters. The van der Waals surface area contributed by atoms with E-state index in [1.165, 1.54) is 6.07 Å². The topological polar surface area (TPSA) is 41.1 Å². The van der Waals surface area contributed by atoms with Gasteiger partial charge < -0.3 is 10.6 Å². The molecular weight excluding hydrogens is 312 g/mol. The molecule has 3 rings (SSSR count). The summed E-state index contributed by atoms with van der Waals surface area (Å²) < 4.78 is 51.1. The van der Waals surface area contributed by atoms with E-state index in [1.807, 2.05) is 0 Å². The maximum atomic E-state index is 13.8. The van der Waals surface area contributed by atoms with Crippen LogP contribution in [0, 0.1) is 24.6 Å². The number of aryl methyl sites for hydroxylation is 1. The van der Waals surface area contributed by atoms with Gasteiger partial charge in [-0.3, -0.25) is 4.79 Å². The average Bonchev–Trinajstić information content (AvgIpc) is 2.79. The van der Waals surface area contributed by atoms with Gasteiger partial charge in [-0.1, -0.05) is 0 Å². The van der Waals surface area contributed by atoms with Gasteiger partial charge in [-0.25, -0.2) is 4.39 Å². The molecule has 1 unspecified atom stereocenters. The number of alkyl halides is 3. The lowest BCUT2D eigenvalue weighted by atomic mass is 9.74. The van der Waals surface area contributed by atoms with Gasteiger partial charge >= 0.3 is 6.18 Å². The first kappa shape index (κ1) is 16.1. The molecule has 126 valence electrons. The summed E-state index contributed by atoms with van der Waals surface area (Å²) in [5.41, 5.74) is 1.86. The monoisotopic (exact) mass is 330 g/mol. The van der Waals surface area contributed by atoms with Crippen molar-refractivity contribution in [2.45, 2.75) is 38.4 Å². The van der Waals surface area contributed by atoms with Crippen LogP contribution in [0.15, 0.2) is 12.1 Å². The van der Waals surface area contributed by atoms with E-state index in [2.05, 4.69) is 10.6 Å². The molecule has 1 amide bonds. The number of halogens is 4. The molecule has 2 aliphatic rings. The van der Waals surface area contributed by atoms with E-state index in [1.54, 1.807) is 13.0 Å². The van der Waals surface area contributed by atoms with Gasteiger partial charge in [0.05, 0.1) is 5.92 Å². The molecule has 23 heavy (non-hydrogen) atoms. The van der Waals surface area contributed by atoms with Crippen LogP contribution >= 0.6 is 0 Å². The second kappa shape index (κ2) is 5.69. The Balaban J connectivity index is 1.49. The van der Waals surface area contributed by atoms with Gasteiger partial charge in [-0.15, -0.1) is 0 Å². The summed E-state index contributed by atoms with van der Waals surface area (Å²) in [4.78, 5) is 12.1. The Morgan fingerprint density at radius 2 is 2.04 bits per heavy atom. The van der Waals surface area contributed by atoms with E-state index in [0.717, 1.165) is 5.56 Å². The fourth-order valence-corrected chi connectivity index (χ4v) is 3.25. The largest absolute Gasteiger partial charge is 0.391 e. The van der Waals surface area contributed by atoms with E-state index in [9.17, 15) is 22.4 Å². The number of amides is 1. The molecule has 1 saturated carbocycles. The van der Waals surface area contributed by atoms with Gasteiger partial charge in [0.25, 0.3) is 0 Å². The lowest BCUT2D eigenvalue weighted by Crippen LogP contribution is -2.45. The number of fused-ring (bicyclic) bond motifs is 1. The fraction of sp³-hybridized carbons (Fsp3) is 0.562. The molecule has 0 saturated heterocycles. The third kappa shape index (κ3) is 3.28. The molecule has 2 N–H and O–H groups in total. The number of anilines is 1. The Morgan fingerprint density at radius 1 is 1.35 bits per heavy atom. The molecule has 1 fully saturated rings. The quantitative estimate of drug-likeness (QED) is 0.836. The van der Waals surface area contributed by atoms with Crippen molar-refractivity contribution in [1.82, 2.24) is 5.32 Å². The predicted octanol–water partition coefficient (Wildman–Crippen LogP) is 3.18. The van der Waals surface area contributed by atoms with Crippen LogP contribution in [-0.2, 0) is 11.2 Å². The second-order valence-corrected chi connectivity index (χ2v) is 6.50. The first-order valence-electron chi connectivity index (χ1n) is 7.64. The molecule has 0 bridgehead atoms. The van der Waals surface area contributed by atoms with Crippen LogP contribution in [-0.4, -0.2) is 24.7 Å². The summed E-state index contributed by atoms with van der Waals surface area (Å²) in [7, 11) is 0. The van der Waals surface area contributed by atoms with Crippen LogP contribution in [0.4, 0.5) is 23.2 Å². The number of nitrogens with one attached hydrogen (secondary N) is 2. The molecule has 1 aromatic rings. The minimum Gasteiger partial charge on any atom is -0.373 e. The second-order valence-electron chi connectivity index (χ2n) is 6.50. The number of carbonyl (C=O) groups excluding carboxylic acids is 1. The zero-order valence-corrected chi connectivity index (χ0v) is 12.6. The molecule has 1 aromatic carbocycles. The van der Waals surface area contributed by atoms with Crippen LogP contribution in [0.5, 0.6) is 0 Å². The fourth-order valence-electron chi connectivity index (χ4n) is 3.25. The first-order valence-corrected chi connectivity index (χ1v) is 7.64. The lowest BCUT2D eigenvalue weighted by Gasteiger charge is -2.36. The molecule has 0 radical (unpaired) electrons. The molecule has 7 heteroatoms. The van der Waals surface area contributed by atoms with Crippen LogP contribution in [0.2, 0.25) is 0 Å². The predicted molar refractivity (Wildman–Crippen MR) is 77.5 cm³/mol. The van der Waals surface area contributed by atoms with Crippen LogP contribution in [0.25, 0.3) is 0 Å². The molecule has 1 aliphatic heterocycles. The summed E-state index contributed by atoms with van der Waals surface area (Å²) >= 11 is 0. The zero-order chi connectivity index (χ0) is 16.8. The Hall–Kier alpha value is -1.79. The summed E-state index contributed by atoms with van der Waals surface area (Å²) in [5, 5.41) is 5.65.